The number of rotatable bonds is 6. The summed E-state index contributed by atoms with van der Waals surface area (Å²) in [6.07, 6.45) is 1.78. The smallest absolute Gasteiger partial charge is 0.206 e. The molecular weight excluding hydrogens is 292 g/mol. The van der Waals surface area contributed by atoms with Crippen molar-refractivity contribution in [2.45, 2.75) is 10.1 Å². The van der Waals surface area contributed by atoms with Crippen molar-refractivity contribution in [3.8, 4) is 0 Å². The molecule has 1 N–H and O–H groups in total. The van der Waals surface area contributed by atoms with Crippen LogP contribution in [0.3, 0.4) is 0 Å². The maximum atomic E-state index is 5.66. The van der Waals surface area contributed by atoms with Crippen molar-refractivity contribution in [3.05, 3.63) is 42.8 Å². The van der Waals surface area contributed by atoms with Crippen molar-refractivity contribution >= 4 is 39.3 Å². The van der Waals surface area contributed by atoms with Gasteiger partial charge in [0.15, 0.2) is 9.92 Å². The Hall–Kier alpha value is -1.86. The van der Waals surface area contributed by atoms with Gasteiger partial charge in [0.25, 0.3) is 0 Å². The molecule has 5 nitrogen and oxygen atoms in total. The molecule has 0 saturated heterocycles. The zero-order chi connectivity index (χ0) is 13.8. The van der Waals surface area contributed by atoms with Crippen LogP contribution in [0.1, 0.15) is 5.89 Å². The highest BCUT2D eigenvalue weighted by molar-refractivity contribution is 8.00. The molecule has 102 valence electrons. The van der Waals surface area contributed by atoms with E-state index in [1.54, 1.807) is 17.8 Å². The molecule has 20 heavy (non-hydrogen) atoms. The second kappa shape index (κ2) is 6.06. The van der Waals surface area contributed by atoms with Crippen LogP contribution in [0.2, 0.25) is 0 Å². The Morgan fingerprint density at radius 3 is 3.10 bits per heavy atom. The second-order valence-corrected chi connectivity index (χ2v) is 6.11. The molecule has 0 aliphatic heterocycles. The third kappa shape index (κ3) is 3.00. The minimum absolute atomic E-state index is 0.644. The number of aromatic nitrogens is 3. The number of hydrogen-bond acceptors (Lipinski definition) is 7. The largest absolute Gasteiger partial charge is 0.440 e. The van der Waals surface area contributed by atoms with Gasteiger partial charge in [0, 0.05) is 6.54 Å². The molecule has 0 atom stereocenters. The standard InChI is InChI=1S/C13H12N4OS2/c1-2-7-14-12-16-17-13(20-12)19-8-11-15-9-5-3-4-6-10(9)18-11/h2-6H,1,7-8H2,(H,14,16). The molecule has 0 unspecified atom stereocenters. The number of nitrogens with one attached hydrogen (secondary N) is 1. The summed E-state index contributed by atoms with van der Waals surface area (Å²) in [7, 11) is 0. The topological polar surface area (TPSA) is 63.8 Å². The zero-order valence-electron chi connectivity index (χ0n) is 10.6. The van der Waals surface area contributed by atoms with Crippen molar-refractivity contribution in [3.63, 3.8) is 0 Å². The average molecular weight is 304 g/mol. The third-order valence-corrected chi connectivity index (χ3v) is 4.46. The fourth-order valence-corrected chi connectivity index (χ4v) is 3.21. The fraction of sp³-hybridized carbons (Fsp3) is 0.154. The molecule has 0 aliphatic carbocycles. The molecule has 0 saturated carbocycles. The summed E-state index contributed by atoms with van der Waals surface area (Å²) in [4.78, 5) is 4.42. The summed E-state index contributed by atoms with van der Waals surface area (Å²) in [5.41, 5.74) is 1.70. The van der Waals surface area contributed by atoms with Gasteiger partial charge in [-0.05, 0) is 12.1 Å². The number of hydrogen-bond donors (Lipinski definition) is 1. The number of thioether (sulfide) groups is 1. The first-order chi connectivity index (χ1) is 9.85. The fourth-order valence-electron chi connectivity index (χ4n) is 1.60. The Bertz CT molecular complexity index is 689. The molecule has 7 heteroatoms. The second-order valence-electron chi connectivity index (χ2n) is 3.91. The lowest BCUT2D eigenvalue weighted by molar-refractivity contribution is 0.556. The molecule has 0 fully saturated rings. The SMILES string of the molecule is C=CCNc1nnc(SCc2nc3ccccc3o2)s1. The summed E-state index contributed by atoms with van der Waals surface area (Å²) < 4.78 is 6.54. The molecule has 0 amide bonds. The molecule has 0 radical (unpaired) electrons. The van der Waals surface area contributed by atoms with Gasteiger partial charge >= 0.3 is 0 Å². The Morgan fingerprint density at radius 1 is 1.35 bits per heavy atom. The molecule has 2 heterocycles. The summed E-state index contributed by atoms with van der Waals surface area (Å²) in [5.74, 6) is 1.34. The maximum absolute atomic E-state index is 5.66. The maximum Gasteiger partial charge on any atom is 0.206 e. The number of nitrogens with zero attached hydrogens (tertiary/aromatic N) is 3. The highest BCUT2D eigenvalue weighted by atomic mass is 32.2. The zero-order valence-corrected chi connectivity index (χ0v) is 12.2. The van der Waals surface area contributed by atoms with Crippen LogP contribution in [0.25, 0.3) is 11.1 Å². The van der Waals surface area contributed by atoms with E-state index in [4.69, 9.17) is 4.42 Å². The van der Waals surface area contributed by atoms with Crippen LogP contribution < -0.4 is 5.32 Å². The van der Waals surface area contributed by atoms with Crippen molar-refractivity contribution in [2.24, 2.45) is 0 Å². The van der Waals surface area contributed by atoms with Gasteiger partial charge in [-0.15, -0.1) is 16.8 Å². The van der Waals surface area contributed by atoms with Crippen molar-refractivity contribution in [2.75, 3.05) is 11.9 Å². The minimum Gasteiger partial charge on any atom is -0.440 e. The molecule has 3 rings (SSSR count). The van der Waals surface area contributed by atoms with Crippen LogP contribution in [-0.2, 0) is 5.75 Å². The van der Waals surface area contributed by atoms with Gasteiger partial charge in [-0.3, -0.25) is 0 Å². The van der Waals surface area contributed by atoms with E-state index in [9.17, 15) is 0 Å². The molecule has 0 bridgehead atoms. The normalized spacial score (nSPS) is 10.8. The van der Waals surface area contributed by atoms with E-state index in [0.29, 0.717) is 18.2 Å². The first-order valence-corrected chi connectivity index (χ1v) is 7.81. The molecule has 1 aromatic carbocycles. The van der Waals surface area contributed by atoms with Gasteiger partial charge in [-0.1, -0.05) is 41.3 Å². The lowest BCUT2D eigenvalue weighted by Gasteiger charge is -1.93. The van der Waals surface area contributed by atoms with Crippen LogP contribution in [-0.4, -0.2) is 21.7 Å². The lowest BCUT2D eigenvalue weighted by Crippen LogP contribution is -1.96. The number of para-hydroxylation sites is 2. The van der Waals surface area contributed by atoms with Crippen molar-refractivity contribution in [1.29, 1.82) is 0 Å². The van der Waals surface area contributed by atoms with Crippen LogP contribution in [0.15, 0.2) is 45.7 Å². The lowest BCUT2D eigenvalue weighted by atomic mass is 10.3. The number of fused-ring (bicyclic) bond motifs is 1. The highest BCUT2D eigenvalue weighted by Crippen LogP contribution is 2.28. The summed E-state index contributed by atoms with van der Waals surface area (Å²) in [5, 5.41) is 12.1. The van der Waals surface area contributed by atoms with E-state index >= 15 is 0 Å². The molecule has 0 aliphatic rings. The van der Waals surface area contributed by atoms with Gasteiger partial charge in [-0.2, -0.15) is 0 Å². The molecule has 3 aromatic rings. The van der Waals surface area contributed by atoms with Crippen molar-refractivity contribution in [1.82, 2.24) is 15.2 Å². The van der Waals surface area contributed by atoms with Crippen molar-refractivity contribution < 1.29 is 4.42 Å². The average Bonchev–Trinajstić information content (AvgIpc) is 3.09. The minimum atomic E-state index is 0.644. The van der Waals surface area contributed by atoms with Gasteiger partial charge in [0.1, 0.15) is 5.52 Å². The summed E-state index contributed by atoms with van der Waals surface area (Å²) in [6.45, 7) is 4.33. The molecular formula is C13H12N4OS2. The Balaban J connectivity index is 1.63. The van der Waals surface area contributed by atoms with E-state index in [-0.39, 0.29) is 0 Å². The number of oxazole rings is 1. The third-order valence-electron chi connectivity index (χ3n) is 2.46. The predicted molar refractivity (Wildman–Crippen MR) is 82.2 cm³/mol. The van der Waals surface area contributed by atoms with Crippen LogP contribution >= 0.6 is 23.1 Å². The Labute approximate surface area is 124 Å². The number of anilines is 1. The first-order valence-electron chi connectivity index (χ1n) is 6.00. The van der Waals surface area contributed by atoms with E-state index in [1.807, 2.05) is 24.3 Å². The Morgan fingerprint density at radius 2 is 2.25 bits per heavy atom. The molecule has 0 spiro atoms. The number of benzene rings is 1. The molecule has 2 aromatic heterocycles. The van der Waals surface area contributed by atoms with Crippen LogP contribution in [0, 0.1) is 0 Å². The van der Waals surface area contributed by atoms with Gasteiger partial charge in [0.05, 0.1) is 5.75 Å². The van der Waals surface area contributed by atoms with E-state index in [2.05, 4.69) is 27.1 Å². The highest BCUT2D eigenvalue weighted by Gasteiger charge is 2.08. The van der Waals surface area contributed by atoms with Gasteiger partial charge < -0.3 is 9.73 Å². The van der Waals surface area contributed by atoms with E-state index < -0.39 is 0 Å². The van der Waals surface area contributed by atoms with Gasteiger partial charge in [-0.25, -0.2) is 4.98 Å². The summed E-state index contributed by atoms with van der Waals surface area (Å²) in [6, 6.07) is 7.74. The monoisotopic (exact) mass is 304 g/mol. The predicted octanol–water partition coefficient (Wildman–Crippen LogP) is 3.57. The van der Waals surface area contributed by atoms with Gasteiger partial charge in [0.2, 0.25) is 11.0 Å². The first kappa shape index (κ1) is 13.1. The van der Waals surface area contributed by atoms with Crippen LogP contribution in [0.5, 0.6) is 0 Å². The quantitative estimate of drug-likeness (QED) is 0.555. The van der Waals surface area contributed by atoms with E-state index in [0.717, 1.165) is 20.6 Å². The van der Waals surface area contributed by atoms with Crippen LogP contribution in [0.4, 0.5) is 5.13 Å². The van der Waals surface area contributed by atoms with E-state index in [1.165, 1.54) is 11.3 Å². The summed E-state index contributed by atoms with van der Waals surface area (Å²) >= 11 is 3.08. The Kier molecular flexibility index (Phi) is 3.98.